The van der Waals surface area contributed by atoms with Crippen LogP contribution in [-0.2, 0) is 6.54 Å². The molecule has 0 spiro atoms. The predicted molar refractivity (Wildman–Crippen MR) is 85.7 cm³/mol. The molecule has 0 bridgehead atoms. The first kappa shape index (κ1) is 16.5. The Morgan fingerprint density at radius 1 is 1.32 bits per heavy atom. The van der Waals surface area contributed by atoms with Gasteiger partial charge in [-0.2, -0.15) is 0 Å². The quantitative estimate of drug-likeness (QED) is 0.842. The Hall–Kier alpha value is -0.580. The van der Waals surface area contributed by atoms with E-state index in [0.29, 0.717) is 6.54 Å². The Labute approximate surface area is 125 Å². The van der Waals surface area contributed by atoms with Gasteiger partial charge in [-0.25, -0.2) is 0 Å². The van der Waals surface area contributed by atoms with Crippen molar-refractivity contribution < 1.29 is 5.11 Å². The van der Waals surface area contributed by atoms with Crippen LogP contribution in [0.25, 0.3) is 0 Å². The van der Waals surface area contributed by atoms with Crippen LogP contribution in [-0.4, -0.2) is 30.3 Å². The summed E-state index contributed by atoms with van der Waals surface area (Å²) in [5, 5.41) is 12.7. The summed E-state index contributed by atoms with van der Waals surface area (Å²) in [4.78, 5) is 2.20. The van der Waals surface area contributed by atoms with Crippen molar-refractivity contribution in [3.63, 3.8) is 0 Å². The number of anilines is 1. The van der Waals surface area contributed by atoms with E-state index in [1.165, 1.54) is 11.3 Å². The van der Waals surface area contributed by atoms with Crippen LogP contribution in [0.5, 0.6) is 0 Å². The van der Waals surface area contributed by atoms with Gasteiger partial charge in [0.25, 0.3) is 0 Å². The molecule has 1 rings (SSSR count). The molecule has 0 fully saturated rings. The summed E-state index contributed by atoms with van der Waals surface area (Å²) in [5.41, 5.74) is 2.54. The van der Waals surface area contributed by atoms with Crippen molar-refractivity contribution >= 4 is 21.6 Å². The second kappa shape index (κ2) is 7.27. The standard InChI is InChI=1S/C15H25BrN2O/c1-5-18(8-9-19)14-10-13(16)7-6-12(14)11-17-15(2,3)4/h6-7,10,17,19H,5,8-9,11H2,1-4H3. The first-order chi connectivity index (χ1) is 8.87. The van der Waals surface area contributed by atoms with Crippen molar-refractivity contribution in [2.45, 2.75) is 39.8 Å². The van der Waals surface area contributed by atoms with Gasteiger partial charge in [-0.1, -0.05) is 22.0 Å². The fourth-order valence-corrected chi connectivity index (χ4v) is 2.26. The lowest BCUT2D eigenvalue weighted by molar-refractivity contribution is 0.302. The fourth-order valence-electron chi connectivity index (χ4n) is 1.91. The molecule has 0 aliphatic heterocycles. The maximum atomic E-state index is 9.18. The van der Waals surface area contributed by atoms with Crippen LogP contribution in [0.15, 0.2) is 22.7 Å². The summed E-state index contributed by atoms with van der Waals surface area (Å²) in [6, 6.07) is 6.33. The molecule has 0 aromatic heterocycles. The van der Waals surface area contributed by atoms with Gasteiger partial charge in [-0.3, -0.25) is 0 Å². The maximum Gasteiger partial charge on any atom is 0.0606 e. The lowest BCUT2D eigenvalue weighted by Gasteiger charge is -2.27. The van der Waals surface area contributed by atoms with E-state index in [-0.39, 0.29) is 12.1 Å². The summed E-state index contributed by atoms with van der Waals surface area (Å²) >= 11 is 3.53. The molecule has 1 aromatic rings. The summed E-state index contributed by atoms with van der Waals surface area (Å²) in [6.07, 6.45) is 0. The minimum atomic E-state index is 0.0956. The van der Waals surface area contributed by atoms with E-state index in [1.54, 1.807) is 0 Å². The van der Waals surface area contributed by atoms with Gasteiger partial charge in [0.05, 0.1) is 6.61 Å². The number of aliphatic hydroxyl groups is 1. The zero-order chi connectivity index (χ0) is 14.5. The highest BCUT2D eigenvalue weighted by atomic mass is 79.9. The molecule has 1 aromatic carbocycles. The molecule has 2 N–H and O–H groups in total. The minimum Gasteiger partial charge on any atom is -0.395 e. The largest absolute Gasteiger partial charge is 0.395 e. The summed E-state index contributed by atoms with van der Waals surface area (Å²) < 4.78 is 1.07. The maximum absolute atomic E-state index is 9.18. The lowest BCUT2D eigenvalue weighted by atomic mass is 10.1. The highest BCUT2D eigenvalue weighted by Crippen LogP contribution is 2.25. The SMILES string of the molecule is CCN(CCO)c1cc(Br)ccc1CNC(C)(C)C. The molecule has 0 saturated carbocycles. The number of nitrogens with zero attached hydrogens (tertiary/aromatic N) is 1. The van der Waals surface area contributed by atoms with Crippen LogP contribution in [0, 0.1) is 0 Å². The molecule has 4 heteroatoms. The van der Waals surface area contributed by atoms with Gasteiger partial charge in [-0.05, 0) is 45.4 Å². The van der Waals surface area contributed by atoms with Gasteiger partial charge in [-0.15, -0.1) is 0 Å². The first-order valence-electron chi connectivity index (χ1n) is 6.76. The monoisotopic (exact) mass is 328 g/mol. The Kier molecular flexibility index (Phi) is 6.30. The second-order valence-corrected chi connectivity index (χ2v) is 6.60. The zero-order valence-corrected chi connectivity index (χ0v) is 13.9. The lowest BCUT2D eigenvalue weighted by Crippen LogP contribution is -2.36. The molecule has 3 nitrogen and oxygen atoms in total. The van der Waals surface area contributed by atoms with E-state index in [1.807, 2.05) is 0 Å². The topological polar surface area (TPSA) is 35.5 Å². The van der Waals surface area contributed by atoms with Crippen LogP contribution < -0.4 is 10.2 Å². The Morgan fingerprint density at radius 3 is 2.53 bits per heavy atom. The van der Waals surface area contributed by atoms with Gasteiger partial charge in [0.15, 0.2) is 0 Å². The highest BCUT2D eigenvalue weighted by molar-refractivity contribution is 9.10. The molecular formula is C15H25BrN2O. The van der Waals surface area contributed by atoms with Gasteiger partial charge in [0.2, 0.25) is 0 Å². The summed E-state index contributed by atoms with van der Waals surface area (Å²) in [5.74, 6) is 0. The molecule has 0 radical (unpaired) electrons. The first-order valence-corrected chi connectivity index (χ1v) is 7.56. The average molecular weight is 329 g/mol. The Balaban J connectivity index is 2.96. The van der Waals surface area contributed by atoms with Gasteiger partial charge < -0.3 is 15.3 Å². The molecule has 0 amide bonds. The number of hydrogen-bond donors (Lipinski definition) is 2. The molecule has 0 aliphatic carbocycles. The third kappa shape index (κ3) is 5.51. The second-order valence-electron chi connectivity index (χ2n) is 5.68. The number of nitrogens with one attached hydrogen (secondary N) is 1. The van der Waals surface area contributed by atoms with Crippen LogP contribution in [0.1, 0.15) is 33.3 Å². The fraction of sp³-hybridized carbons (Fsp3) is 0.600. The zero-order valence-electron chi connectivity index (χ0n) is 12.3. The van der Waals surface area contributed by atoms with Crippen LogP contribution in [0.3, 0.4) is 0 Å². The van der Waals surface area contributed by atoms with Crippen molar-refractivity contribution in [1.29, 1.82) is 0 Å². The van der Waals surface area contributed by atoms with E-state index in [2.05, 4.69) is 72.0 Å². The van der Waals surface area contributed by atoms with E-state index in [0.717, 1.165) is 17.6 Å². The van der Waals surface area contributed by atoms with Crippen molar-refractivity contribution in [3.05, 3.63) is 28.2 Å². The summed E-state index contributed by atoms with van der Waals surface area (Å²) in [7, 11) is 0. The molecule has 108 valence electrons. The van der Waals surface area contributed by atoms with Crippen molar-refractivity contribution in [2.24, 2.45) is 0 Å². The third-order valence-corrected chi connectivity index (χ3v) is 3.44. The highest BCUT2D eigenvalue weighted by Gasteiger charge is 2.13. The van der Waals surface area contributed by atoms with E-state index >= 15 is 0 Å². The van der Waals surface area contributed by atoms with Gasteiger partial charge in [0, 0.05) is 35.3 Å². The molecule has 0 aliphatic rings. The van der Waals surface area contributed by atoms with Crippen LogP contribution >= 0.6 is 15.9 Å². The van der Waals surface area contributed by atoms with E-state index in [9.17, 15) is 5.11 Å². The van der Waals surface area contributed by atoms with Crippen molar-refractivity contribution in [1.82, 2.24) is 5.32 Å². The predicted octanol–water partition coefficient (Wildman–Crippen LogP) is 3.16. The number of hydrogen-bond acceptors (Lipinski definition) is 3. The van der Waals surface area contributed by atoms with Gasteiger partial charge in [0.1, 0.15) is 0 Å². The Morgan fingerprint density at radius 2 is 2.00 bits per heavy atom. The van der Waals surface area contributed by atoms with E-state index in [4.69, 9.17) is 0 Å². The molecule has 0 heterocycles. The van der Waals surface area contributed by atoms with Gasteiger partial charge >= 0.3 is 0 Å². The normalized spacial score (nSPS) is 11.7. The molecule has 0 unspecified atom stereocenters. The number of aliphatic hydroxyl groups excluding tert-OH is 1. The number of rotatable bonds is 6. The molecule has 0 atom stereocenters. The van der Waals surface area contributed by atoms with Crippen molar-refractivity contribution in [3.8, 4) is 0 Å². The number of halogens is 1. The number of likely N-dealkylation sites (N-methyl/N-ethyl adjacent to an activating group) is 1. The molecule has 0 saturated heterocycles. The van der Waals surface area contributed by atoms with Crippen LogP contribution in [0.4, 0.5) is 5.69 Å². The van der Waals surface area contributed by atoms with Crippen molar-refractivity contribution in [2.75, 3.05) is 24.6 Å². The number of benzene rings is 1. The molecular weight excluding hydrogens is 304 g/mol. The Bertz CT molecular complexity index is 402. The molecule has 19 heavy (non-hydrogen) atoms. The smallest absolute Gasteiger partial charge is 0.0606 e. The average Bonchev–Trinajstić information content (AvgIpc) is 2.33. The summed E-state index contributed by atoms with van der Waals surface area (Å²) in [6.45, 7) is 11.2. The third-order valence-electron chi connectivity index (χ3n) is 2.95. The van der Waals surface area contributed by atoms with E-state index < -0.39 is 0 Å². The minimum absolute atomic E-state index is 0.0956. The van der Waals surface area contributed by atoms with Crippen LogP contribution in [0.2, 0.25) is 0 Å².